The van der Waals surface area contributed by atoms with Crippen LogP contribution >= 0.6 is 11.3 Å². The van der Waals surface area contributed by atoms with Crippen LogP contribution in [0.1, 0.15) is 24.1 Å². The fourth-order valence-electron chi connectivity index (χ4n) is 3.63. The van der Waals surface area contributed by atoms with Crippen molar-refractivity contribution in [3.8, 4) is 11.8 Å². The Kier molecular flexibility index (Phi) is 7.18. The number of nitrogens with one attached hydrogen (secondary N) is 1. The highest BCUT2D eigenvalue weighted by Crippen LogP contribution is 2.14. The second-order valence-electron chi connectivity index (χ2n) is 7.84. The van der Waals surface area contributed by atoms with Gasteiger partial charge in [-0.2, -0.15) is 5.26 Å². The second-order valence-corrected chi connectivity index (χ2v) is 8.87. The molecule has 1 heterocycles. The van der Waals surface area contributed by atoms with Crippen molar-refractivity contribution in [1.29, 1.82) is 5.26 Å². The first-order valence-electron chi connectivity index (χ1n) is 10.9. The number of para-hydroxylation sites is 1. The fraction of sp³-hybridized carbons (Fsp3) is 0.0741. The molecule has 0 radical (unpaired) electrons. The van der Waals surface area contributed by atoms with Gasteiger partial charge < -0.3 is 5.32 Å². The molecule has 0 aliphatic carbocycles. The van der Waals surface area contributed by atoms with Crippen LogP contribution in [-0.2, 0) is 4.79 Å². The Balaban J connectivity index is 1.90. The minimum absolute atomic E-state index is 0.109. The van der Waals surface area contributed by atoms with Gasteiger partial charge >= 0.3 is 0 Å². The minimum atomic E-state index is -0.610. The molecule has 9 heteroatoms. The second kappa shape index (κ2) is 10.6. The number of non-ortho nitro benzene ring substituents is 1. The van der Waals surface area contributed by atoms with Crippen molar-refractivity contribution >= 4 is 34.6 Å². The van der Waals surface area contributed by atoms with E-state index in [9.17, 15) is 25.0 Å². The van der Waals surface area contributed by atoms with Gasteiger partial charge in [-0.1, -0.05) is 60.7 Å². The summed E-state index contributed by atoms with van der Waals surface area (Å²) in [6.07, 6.45) is 1.52. The molecule has 8 nitrogen and oxygen atoms in total. The number of benzene rings is 3. The van der Waals surface area contributed by atoms with Crippen LogP contribution < -0.4 is 20.1 Å². The molecule has 1 aromatic heterocycles. The van der Waals surface area contributed by atoms with Crippen molar-refractivity contribution in [2.24, 2.45) is 0 Å². The van der Waals surface area contributed by atoms with Crippen LogP contribution in [0.5, 0.6) is 0 Å². The molecule has 4 rings (SSSR count). The maximum atomic E-state index is 13.5. The zero-order chi connectivity index (χ0) is 25.7. The van der Waals surface area contributed by atoms with Gasteiger partial charge in [-0.25, -0.2) is 0 Å². The Hall–Kier alpha value is -4.81. The summed E-state index contributed by atoms with van der Waals surface area (Å²) >= 11 is 0.979. The summed E-state index contributed by atoms with van der Waals surface area (Å²) in [5, 5.41) is 23.9. The summed E-state index contributed by atoms with van der Waals surface area (Å²) in [7, 11) is 0. The molecular formula is C27H20N4O4S. The van der Waals surface area contributed by atoms with Crippen LogP contribution in [0.3, 0.4) is 0 Å². The summed E-state index contributed by atoms with van der Waals surface area (Å²) < 4.78 is 1.72. The van der Waals surface area contributed by atoms with Crippen molar-refractivity contribution in [2.75, 3.05) is 0 Å². The van der Waals surface area contributed by atoms with E-state index in [-0.39, 0.29) is 26.5 Å². The van der Waals surface area contributed by atoms with Crippen molar-refractivity contribution < 1.29 is 9.72 Å². The zero-order valence-electron chi connectivity index (χ0n) is 19.1. The first-order valence-corrected chi connectivity index (χ1v) is 11.7. The van der Waals surface area contributed by atoms with Crippen molar-refractivity contribution in [3.05, 3.63) is 126 Å². The quantitative estimate of drug-likeness (QED) is 0.325. The highest BCUT2D eigenvalue weighted by molar-refractivity contribution is 7.07. The van der Waals surface area contributed by atoms with Crippen LogP contribution in [0.4, 0.5) is 5.69 Å². The molecule has 36 heavy (non-hydrogen) atoms. The van der Waals surface area contributed by atoms with Gasteiger partial charge in [-0.3, -0.25) is 24.3 Å². The van der Waals surface area contributed by atoms with Gasteiger partial charge in [0, 0.05) is 12.1 Å². The lowest BCUT2D eigenvalue weighted by atomic mass is 10.1. The number of nitrogens with zero attached hydrogens (tertiary/aromatic N) is 3. The van der Waals surface area contributed by atoms with E-state index in [1.54, 1.807) is 36.4 Å². The monoisotopic (exact) mass is 496 g/mol. The summed E-state index contributed by atoms with van der Waals surface area (Å²) in [6, 6.07) is 25.5. The number of nitro groups is 1. The smallest absolute Gasteiger partial charge is 0.273 e. The summed E-state index contributed by atoms with van der Waals surface area (Å²) in [5.41, 5.74) is 1.06. The summed E-state index contributed by atoms with van der Waals surface area (Å²) in [4.78, 5) is 37.3. The van der Waals surface area contributed by atoms with Crippen LogP contribution in [0.2, 0.25) is 0 Å². The molecule has 0 fully saturated rings. The number of hydrogen-bond acceptors (Lipinski definition) is 6. The maximum absolute atomic E-state index is 13.5. The van der Waals surface area contributed by atoms with E-state index in [2.05, 4.69) is 5.32 Å². The molecule has 1 amide bonds. The zero-order valence-corrected chi connectivity index (χ0v) is 19.9. The highest BCUT2D eigenvalue weighted by Gasteiger charge is 2.19. The van der Waals surface area contributed by atoms with Gasteiger partial charge in [-0.05, 0) is 36.3 Å². The molecule has 0 spiro atoms. The van der Waals surface area contributed by atoms with Crippen LogP contribution in [0, 0.1) is 21.4 Å². The van der Waals surface area contributed by atoms with Gasteiger partial charge in [-0.15, -0.1) is 11.3 Å². The Morgan fingerprint density at radius 1 is 1.08 bits per heavy atom. The van der Waals surface area contributed by atoms with Crippen molar-refractivity contribution in [1.82, 2.24) is 9.88 Å². The van der Waals surface area contributed by atoms with E-state index in [4.69, 9.17) is 0 Å². The number of carbonyl (C=O) groups is 1. The van der Waals surface area contributed by atoms with Gasteiger partial charge in [0.15, 0.2) is 5.57 Å². The number of amides is 1. The van der Waals surface area contributed by atoms with Crippen LogP contribution in [0.15, 0.2) is 89.7 Å². The third-order valence-corrected chi connectivity index (χ3v) is 6.51. The van der Waals surface area contributed by atoms with Crippen LogP contribution in [0.25, 0.3) is 17.3 Å². The summed E-state index contributed by atoms with van der Waals surface area (Å²) in [6.45, 7) is 1.81. The van der Waals surface area contributed by atoms with Gasteiger partial charge in [0.2, 0.25) is 0 Å². The molecule has 1 N–H and O–H groups in total. The van der Waals surface area contributed by atoms with Gasteiger partial charge in [0.25, 0.3) is 17.2 Å². The Bertz CT molecular complexity index is 1650. The molecular weight excluding hydrogens is 476 g/mol. The predicted octanol–water partition coefficient (Wildman–Crippen LogP) is 3.19. The van der Waals surface area contributed by atoms with E-state index in [0.29, 0.717) is 11.3 Å². The van der Waals surface area contributed by atoms with E-state index < -0.39 is 16.4 Å². The largest absolute Gasteiger partial charge is 0.345 e. The topological polar surface area (TPSA) is 118 Å². The maximum Gasteiger partial charge on any atom is 0.273 e. The average molecular weight is 497 g/mol. The standard InChI is InChI=1S/C27H20N4O4S/c1-18(20-10-4-2-5-11-20)29-25(32)23(17-28)27-30(21-12-6-3-7-13-21)26(33)24(36-27)16-19-9-8-14-22(15-19)31(34)35/h2-16,18H,1H3,(H,29,32)/b24-16+,27-23+/t18-/m0/s1. The van der Waals surface area contributed by atoms with Crippen LogP contribution in [-0.4, -0.2) is 15.4 Å². The molecule has 1 atom stereocenters. The fourth-order valence-corrected chi connectivity index (χ4v) is 4.73. The van der Waals surface area contributed by atoms with E-state index in [0.717, 1.165) is 16.9 Å². The Morgan fingerprint density at radius 3 is 2.39 bits per heavy atom. The molecule has 0 saturated heterocycles. The number of rotatable bonds is 6. The minimum Gasteiger partial charge on any atom is -0.345 e. The lowest BCUT2D eigenvalue weighted by Gasteiger charge is -2.13. The first kappa shape index (κ1) is 24.3. The van der Waals surface area contributed by atoms with E-state index >= 15 is 0 Å². The predicted molar refractivity (Wildman–Crippen MR) is 138 cm³/mol. The normalized spacial score (nSPS) is 12.9. The lowest BCUT2D eigenvalue weighted by molar-refractivity contribution is -0.384. The number of nitriles is 1. The lowest BCUT2D eigenvalue weighted by Crippen LogP contribution is -2.34. The molecule has 0 aliphatic rings. The number of hydrogen-bond donors (Lipinski definition) is 1. The highest BCUT2D eigenvalue weighted by atomic mass is 32.1. The molecule has 178 valence electrons. The number of carbonyl (C=O) groups excluding carboxylic acids is 1. The van der Waals surface area contributed by atoms with Crippen molar-refractivity contribution in [3.63, 3.8) is 0 Å². The average Bonchev–Trinajstić information content (AvgIpc) is 3.20. The van der Waals surface area contributed by atoms with E-state index in [1.807, 2.05) is 43.3 Å². The van der Waals surface area contributed by atoms with Crippen molar-refractivity contribution in [2.45, 2.75) is 13.0 Å². The number of thiazole rings is 1. The molecule has 0 bridgehead atoms. The molecule has 3 aromatic carbocycles. The Morgan fingerprint density at radius 2 is 1.75 bits per heavy atom. The SMILES string of the molecule is C[C@H](NC(=O)/C(C#N)=c1/s/c(=C/c2cccc([N+](=O)[O-])c2)c(=O)n1-c1ccccc1)c1ccccc1. The molecule has 0 aliphatic heterocycles. The number of nitro benzene ring substituents is 1. The molecule has 0 saturated carbocycles. The third kappa shape index (κ3) is 5.14. The van der Waals surface area contributed by atoms with Gasteiger partial charge in [0.05, 0.1) is 21.2 Å². The number of aromatic nitrogens is 1. The van der Waals surface area contributed by atoms with E-state index in [1.165, 1.54) is 28.8 Å². The third-order valence-electron chi connectivity index (χ3n) is 5.42. The Labute approximate surface area is 209 Å². The first-order chi connectivity index (χ1) is 17.4. The van der Waals surface area contributed by atoms with Gasteiger partial charge in [0.1, 0.15) is 10.7 Å². The summed E-state index contributed by atoms with van der Waals surface area (Å²) in [5.74, 6) is -0.610. The molecule has 0 unspecified atom stereocenters. The molecule has 4 aromatic rings.